The highest BCUT2D eigenvalue weighted by Crippen LogP contribution is 2.40. The van der Waals surface area contributed by atoms with Crippen molar-refractivity contribution in [3.8, 4) is 0 Å². The van der Waals surface area contributed by atoms with Crippen molar-refractivity contribution < 1.29 is 18.0 Å². The van der Waals surface area contributed by atoms with Crippen LogP contribution < -0.4 is 0 Å². The smallest absolute Gasteiger partial charge is 0.300 e. The lowest BCUT2D eigenvalue weighted by atomic mass is 9.89. The molecule has 0 N–H and O–H groups in total. The fourth-order valence-electron chi connectivity index (χ4n) is 3.82. The molecule has 0 bridgehead atoms. The van der Waals surface area contributed by atoms with Crippen molar-refractivity contribution in [1.29, 1.82) is 0 Å². The summed E-state index contributed by atoms with van der Waals surface area (Å²) in [4.78, 5) is 11.7. The molecule has 0 spiro atoms. The van der Waals surface area contributed by atoms with Crippen molar-refractivity contribution in [3.63, 3.8) is 0 Å². The molecule has 2 aromatic carbocycles. The predicted molar refractivity (Wildman–Crippen MR) is 106 cm³/mol. The summed E-state index contributed by atoms with van der Waals surface area (Å²) in [6.07, 6.45) is 2.89. The molecule has 4 heteroatoms. The Kier molecular flexibility index (Phi) is 6.18. The van der Waals surface area contributed by atoms with Crippen LogP contribution >= 0.6 is 0 Å². The van der Waals surface area contributed by atoms with Gasteiger partial charge < -0.3 is 4.79 Å². The molecule has 1 aliphatic carbocycles. The minimum absolute atomic E-state index is 0.142. The zero-order chi connectivity index (χ0) is 20.1. The molecule has 1 saturated carbocycles. The summed E-state index contributed by atoms with van der Waals surface area (Å²) in [6.45, 7) is 1.59. The van der Waals surface area contributed by atoms with Crippen molar-refractivity contribution >= 4 is 17.4 Å². The highest BCUT2D eigenvalue weighted by molar-refractivity contribution is 5.83. The van der Waals surface area contributed by atoms with E-state index in [1.165, 1.54) is 17.7 Å². The molecule has 0 aliphatic heterocycles. The highest BCUT2D eigenvalue weighted by atomic mass is 19.4. The molecule has 2 aromatic rings. The van der Waals surface area contributed by atoms with Crippen LogP contribution in [-0.4, -0.2) is 5.78 Å². The summed E-state index contributed by atoms with van der Waals surface area (Å²) < 4.78 is 38.8. The van der Waals surface area contributed by atoms with Crippen LogP contribution in [0.5, 0.6) is 0 Å². The van der Waals surface area contributed by atoms with Gasteiger partial charge in [0, 0.05) is 6.42 Å². The van der Waals surface area contributed by atoms with Crippen molar-refractivity contribution in [3.05, 3.63) is 82.9 Å². The molecule has 0 amide bonds. The number of carbonyl (C=O) groups excluding carboxylic acids is 1. The van der Waals surface area contributed by atoms with E-state index < -0.39 is 11.7 Å². The fourth-order valence-corrected chi connectivity index (χ4v) is 3.82. The van der Waals surface area contributed by atoms with Gasteiger partial charge in [-0.2, -0.15) is 13.2 Å². The Balaban J connectivity index is 2.03. The van der Waals surface area contributed by atoms with Crippen molar-refractivity contribution in [2.75, 3.05) is 0 Å². The molecule has 0 heterocycles. The van der Waals surface area contributed by atoms with Crippen molar-refractivity contribution in [1.82, 2.24) is 0 Å². The summed E-state index contributed by atoms with van der Waals surface area (Å²) in [5.41, 5.74) is 3.22. The van der Waals surface area contributed by atoms with Crippen LogP contribution in [0.25, 0.3) is 11.6 Å². The van der Waals surface area contributed by atoms with E-state index in [1.807, 2.05) is 42.5 Å². The first-order valence-corrected chi connectivity index (χ1v) is 9.48. The Labute approximate surface area is 163 Å². The van der Waals surface area contributed by atoms with E-state index in [9.17, 15) is 18.0 Å². The lowest BCUT2D eigenvalue weighted by Crippen LogP contribution is -2.06. The van der Waals surface area contributed by atoms with Crippen LogP contribution in [0.1, 0.15) is 49.3 Å². The monoisotopic (exact) mass is 384 g/mol. The Morgan fingerprint density at radius 3 is 2.36 bits per heavy atom. The molecule has 1 nitrogen and oxygen atoms in total. The number of halogens is 3. The summed E-state index contributed by atoms with van der Waals surface area (Å²) in [5.74, 6) is 0.304. The minimum Gasteiger partial charge on any atom is -0.300 e. The second-order valence-electron chi connectivity index (χ2n) is 7.25. The molecule has 146 valence electrons. The first kappa shape index (κ1) is 20.1. The third-order valence-electron chi connectivity index (χ3n) is 5.14. The Hall–Kier alpha value is -2.62. The first-order valence-electron chi connectivity index (χ1n) is 9.48. The topological polar surface area (TPSA) is 17.1 Å². The van der Waals surface area contributed by atoms with Gasteiger partial charge in [0.05, 0.1) is 5.56 Å². The van der Waals surface area contributed by atoms with E-state index in [1.54, 1.807) is 6.92 Å². The van der Waals surface area contributed by atoms with Crippen LogP contribution in [0.3, 0.4) is 0 Å². The summed E-state index contributed by atoms with van der Waals surface area (Å²) in [5, 5.41) is 0. The average molecular weight is 384 g/mol. The molecule has 1 aliphatic rings. The molecule has 3 rings (SSSR count). The number of rotatable bonds is 5. The van der Waals surface area contributed by atoms with Crippen LogP contribution in [0.4, 0.5) is 13.2 Å². The predicted octanol–water partition coefficient (Wildman–Crippen LogP) is 6.95. The van der Waals surface area contributed by atoms with E-state index in [-0.39, 0.29) is 11.7 Å². The van der Waals surface area contributed by atoms with Gasteiger partial charge in [-0.15, -0.1) is 0 Å². The van der Waals surface area contributed by atoms with Crippen LogP contribution in [0.2, 0.25) is 0 Å². The maximum Gasteiger partial charge on any atom is 0.416 e. The molecule has 0 unspecified atom stereocenters. The standard InChI is InChI=1S/C24H23F3O/c1-17(28)16-20-8-5-9-22(20)23(15-10-18-6-3-2-4-7-18)19-11-13-21(14-12-19)24(25,26)27/h2-4,6-7,10-15,20H,5,8-9,16H2,1H3/b15-10+,23-22+/t20-/m1/s1. The number of Topliss-reactive ketones (excluding diaryl/α,β-unsaturated/α-hetero) is 1. The zero-order valence-electron chi connectivity index (χ0n) is 15.8. The second kappa shape index (κ2) is 8.59. The molecule has 0 radical (unpaired) electrons. The normalized spacial score (nSPS) is 19.2. The van der Waals surface area contributed by atoms with Crippen molar-refractivity contribution in [2.24, 2.45) is 5.92 Å². The number of carbonyl (C=O) groups is 1. The van der Waals surface area contributed by atoms with E-state index in [0.717, 1.165) is 48.1 Å². The number of hydrogen-bond donors (Lipinski definition) is 0. The van der Waals surface area contributed by atoms with Gasteiger partial charge in [-0.1, -0.05) is 60.2 Å². The fraction of sp³-hybridized carbons (Fsp3) is 0.292. The van der Waals surface area contributed by atoms with Gasteiger partial charge in [0.15, 0.2) is 0 Å². The SMILES string of the molecule is CC(=O)C[C@H]1CCC/C1=C(/C=C/c1ccccc1)c1ccc(C(F)(F)F)cc1. The van der Waals surface area contributed by atoms with Gasteiger partial charge in [-0.05, 0) is 60.9 Å². The van der Waals surface area contributed by atoms with Crippen LogP contribution in [0.15, 0.2) is 66.2 Å². The Bertz CT molecular complexity index is 874. The largest absolute Gasteiger partial charge is 0.416 e. The maximum absolute atomic E-state index is 12.9. The van der Waals surface area contributed by atoms with E-state index in [2.05, 4.69) is 0 Å². The second-order valence-corrected chi connectivity index (χ2v) is 7.25. The molecule has 0 saturated heterocycles. The number of hydrogen-bond acceptors (Lipinski definition) is 1. The third-order valence-corrected chi connectivity index (χ3v) is 5.14. The van der Waals surface area contributed by atoms with E-state index in [0.29, 0.717) is 6.42 Å². The first-order chi connectivity index (χ1) is 13.3. The molecule has 28 heavy (non-hydrogen) atoms. The van der Waals surface area contributed by atoms with Gasteiger partial charge in [0.2, 0.25) is 0 Å². The third kappa shape index (κ3) is 5.00. The average Bonchev–Trinajstić information content (AvgIpc) is 3.10. The molecular weight excluding hydrogens is 361 g/mol. The number of benzene rings is 2. The summed E-state index contributed by atoms with van der Waals surface area (Å²) >= 11 is 0. The Morgan fingerprint density at radius 1 is 1.07 bits per heavy atom. The van der Waals surface area contributed by atoms with Gasteiger partial charge >= 0.3 is 6.18 Å². The molecular formula is C24H23F3O. The van der Waals surface area contributed by atoms with E-state index >= 15 is 0 Å². The lowest BCUT2D eigenvalue weighted by Gasteiger charge is -2.16. The minimum atomic E-state index is -4.35. The molecule has 1 fully saturated rings. The maximum atomic E-state index is 12.9. The van der Waals surface area contributed by atoms with Gasteiger partial charge in [0.25, 0.3) is 0 Å². The van der Waals surface area contributed by atoms with Crippen LogP contribution in [0, 0.1) is 5.92 Å². The van der Waals surface area contributed by atoms with Gasteiger partial charge in [-0.3, -0.25) is 0 Å². The molecule has 0 aromatic heterocycles. The van der Waals surface area contributed by atoms with Crippen molar-refractivity contribution in [2.45, 2.75) is 38.8 Å². The number of allylic oxidation sites excluding steroid dienone is 3. The van der Waals surface area contributed by atoms with Gasteiger partial charge in [0.1, 0.15) is 5.78 Å². The number of alkyl halides is 3. The van der Waals surface area contributed by atoms with E-state index in [4.69, 9.17) is 0 Å². The lowest BCUT2D eigenvalue weighted by molar-refractivity contribution is -0.137. The van der Waals surface area contributed by atoms with Crippen LogP contribution in [-0.2, 0) is 11.0 Å². The zero-order valence-corrected chi connectivity index (χ0v) is 15.8. The molecule has 1 atom stereocenters. The Morgan fingerprint density at radius 2 is 1.75 bits per heavy atom. The summed E-state index contributed by atoms with van der Waals surface area (Å²) in [7, 11) is 0. The number of ketones is 1. The highest BCUT2D eigenvalue weighted by Gasteiger charge is 2.30. The summed E-state index contributed by atoms with van der Waals surface area (Å²) in [6, 6.07) is 15.1. The quantitative estimate of drug-likeness (QED) is 0.545. The van der Waals surface area contributed by atoms with Gasteiger partial charge in [-0.25, -0.2) is 0 Å².